The van der Waals surface area contributed by atoms with E-state index in [9.17, 15) is 10.1 Å². The van der Waals surface area contributed by atoms with E-state index in [0.29, 0.717) is 12.0 Å². The number of nitrogens with zero attached hydrogens (tertiary/aromatic N) is 2. The zero-order valence-corrected chi connectivity index (χ0v) is 16.2. The molecule has 0 saturated carbocycles. The monoisotopic (exact) mass is 389 g/mol. The number of hydrogen-bond acceptors (Lipinski definition) is 2. The van der Waals surface area contributed by atoms with Gasteiger partial charge in [-0.05, 0) is 41.0 Å². The number of nitriles is 1. The molecule has 1 aliphatic heterocycles. The van der Waals surface area contributed by atoms with Crippen LogP contribution in [0.2, 0.25) is 0 Å². The number of nitrogens with one attached hydrogen (secondary N) is 1. The smallest absolute Gasteiger partial charge is 0.259 e. The second-order valence-electron chi connectivity index (χ2n) is 7.45. The van der Waals surface area contributed by atoms with Crippen molar-refractivity contribution >= 4 is 22.9 Å². The summed E-state index contributed by atoms with van der Waals surface area (Å²) < 4.78 is 0. The Morgan fingerprint density at radius 3 is 2.53 bits per heavy atom. The summed E-state index contributed by atoms with van der Waals surface area (Å²) in [6.07, 6.45) is 5.97. The van der Waals surface area contributed by atoms with E-state index in [2.05, 4.69) is 11.1 Å². The minimum Gasteiger partial charge on any atom is -0.361 e. The maximum atomic E-state index is 13.5. The lowest BCUT2D eigenvalue weighted by Crippen LogP contribution is -2.49. The number of amides is 1. The third-order valence-corrected chi connectivity index (χ3v) is 5.77. The largest absolute Gasteiger partial charge is 0.361 e. The molecular formula is C26H19N3O. The number of H-pyrrole nitrogens is 1. The standard InChI is InChI=1S/C26H19N3O/c27-18-26(16-21-17-28-24-13-7-5-11-22(21)24)23-12-6-4-8-19(23)14-15-29(26)25(30)20-9-2-1-3-10-20/h1-15,17,28H,16H2. The summed E-state index contributed by atoms with van der Waals surface area (Å²) in [5.74, 6) is -0.192. The molecule has 1 amide bonds. The van der Waals surface area contributed by atoms with Gasteiger partial charge in [0.15, 0.2) is 5.54 Å². The summed E-state index contributed by atoms with van der Waals surface area (Å²) in [6.45, 7) is 0. The molecule has 1 aliphatic rings. The molecule has 1 aromatic heterocycles. The molecule has 0 radical (unpaired) electrons. The van der Waals surface area contributed by atoms with Gasteiger partial charge in [-0.3, -0.25) is 9.69 Å². The fourth-order valence-corrected chi connectivity index (χ4v) is 4.28. The van der Waals surface area contributed by atoms with Gasteiger partial charge in [0.05, 0.1) is 6.07 Å². The van der Waals surface area contributed by atoms with Crippen molar-refractivity contribution in [3.05, 3.63) is 114 Å². The van der Waals surface area contributed by atoms with Crippen LogP contribution in [0.25, 0.3) is 17.0 Å². The van der Waals surface area contributed by atoms with E-state index in [0.717, 1.165) is 27.6 Å². The highest BCUT2D eigenvalue weighted by atomic mass is 16.2. The van der Waals surface area contributed by atoms with Gasteiger partial charge in [0, 0.05) is 35.3 Å². The molecule has 30 heavy (non-hydrogen) atoms. The number of rotatable bonds is 3. The number of fused-ring (bicyclic) bond motifs is 2. The van der Waals surface area contributed by atoms with Crippen molar-refractivity contribution in [2.45, 2.75) is 12.0 Å². The lowest BCUT2D eigenvalue weighted by molar-refractivity contribution is 0.0697. The van der Waals surface area contributed by atoms with Crippen LogP contribution in [-0.4, -0.2) is 15.8 Å². The Hall–Kier alpha value is -4.10. The number of carbonyl (C=O) groups is 1. The van der Waals surface area contributed by atoms with Gasteiger partial charge in [0.2, 0.25) is 0 Å². The zero-order valence-electron chi connectivity index (χ0n) is 16.2. The van der Waals surface area contributed by atoms with Crippen LogP contribution < -0.4 is 0 Å². The second kappa shape index (κ2) is 7.06. The van der Waals surface area contributed by atoms with Gasteiger partial charge in [-0.1, -0.05) is 60.7 Å². The Morgan fingerprint density at radius 1 is 0.967 bits per heavy atom. The van der Waals surface area contributed by atoms with Gasteiger partial charge in [-0.2, -0.15) is 5.26 Å². The molecule has 144 valence electrons. The van der Waals surface area contributed by atoms with Gasteiger partial charge >= 0.3 is 0 Å². The lowest BCUT2D eigenvalue weighted by Gasteiger charge is -2.40. The van der Waals surface area contributed by atoms with Crippen molar-refractivity contribution in [1.82, 2.24) is 9.88 Å². The summed E-state index contributed by atoms with van der Waals surface area (Å²) in [6, 6.07) is 27.5. The average molecular weight is 389 g/mol. The van der Waals surface area contributed by atoms with Crippen LogP contribution in [0.4, 0.5) is 0 Å². The second-order valence-corrected chi connectivity index (χ2v) is 7.45. The van der Waals surface area contributed by atoms with Gasteiger partial charge < -0.3 is 4.98 Å². The Kier molecular flexibility index (Phi) is 4.22. The number of hydrogen-bond donors (Lipinski definition) is 1. The predicted octanol–water partition coefficient (Wildman–Crippen LogP) is 5.26. The molecule has 0 spiro atoms. The molecule has 1 unspecified atom stereocenters. The van der Waals surface area contributed by atoms with Gasteiger partial charge in [-0.25, -0.2) is 0 Å². The van der Waals surface area contributed by atoms with E-state index in [-0.39, 0.29) is 5.91 Å². The summed E-state index contributed by atoms with van der Waals surface area (Å²) in [5.41, 5.74) is 3.22. The minimum atomic E-state index is -1.15. The van der Waals surface area contributed by atoms with E-state index >= 15 is 0 Å². The summed E-state index contributed by atoms with van der Waals surface area (Å²) in [4.78, 5) is 18.4. The van der Waals surface area contributed by atoms with Crippen LogP contribution >= 0.6 is 0 Å². The van der Waals surface area contributed by atoms with Crippen LogP contribution in [0.3, 0.4) is 0 Å². The first-order valence-electron chi connectivity index (χ1n) is 9.85. The molecule has 3 aromatic carbocycles. The van der Waals surface area contributed by atoms with E-state index in [1.165, 1.54) is 0 Å². The van der Waals surface area contributed by atoms with E-state index in [4.69, 9.17) is 0 Å². The Morgan fingerprint density at radius 2 is 1.70 bits per heavy atom. The normalized spacial score (nSPS) is 17.5. The minimum absolute atomic E-state index is 0.192. The van der Waals surface area contributed by atoms with E-state index in [1.807, 2.05) is 79.0 Å². The van der Waals surface area contributed by atoms with Crippen LogP contribution in [0.5, 0.6) is 0 Å². The van der Waals surface area contributed by atoms with Crippen LogP contribution in [0, 0.1) is 11.3 Å². The van der Waals surface area contributed by atoms with Crippen LogP contribution in [0.1, 0.15) is 27.0 Å². The zero-order chi connectivity index (χ0) is 20.6. The number of aromatic amines is 1. The predicted molar refractivity (Wildman–Crippen MR) is 117 cm³/mol. The Bertz CT molecular complexity index is 1310. The summed E-state index contributed by atoms with van der Waals surface area (Å²) in [7, 11) is 0. The Balaban J connectivity index is 1.69. The third-order valence-electron chi connectivity index (χ3n) is 5.77. The first-order valence-corrected chi connectivity index (χ1v) is 9.85. The number of benzene rings is 3. The van der Waals surface area contributed by atoms with Crippen molar-refractivity contribution in [1.29, 1.82) is 5.26 Å². The SMILES string of the molecule is N#CC1(Cc2c[nH]c3ccccc23)c2ccccc2C=CN1C(=O)c1ccccc1. The number of carbonyl (C=O) groups excluding carboxylic acids is 1. The maximum absolute atomic E-state index is 13.5. The molecule has 4 aromatic rings. The molecule has 1 N–H and O–H groups in total. The highest BCUT2D eigenvalue weighted by Crippen LogP contribution is 2.40. The molecule has 4 nitrogen and oxygen atoms in total. The molecule has 0 fully saturated rings. The number of aromatic nitrogens is 1. The average Bonchev–Trinajstić information content (AvgIpc) is 3.22. The lowest BCUT2D eigenvalue weighted by atomic mass is 9.79. The fourth-order valence-electron chi connectivity index (χ4n) is 4.28. The third kappa shape index (κ3) is 2.72. The van der Waals surface area contributed by atoms with Crippen molar-refractivity contribution in [2.75, 3.05) is 0 Å². The summed E-state index contributed by atoms with van der Waals surface area (Å²) in [5, 5.41) is 11.6. The summed E-state index contributed by atoms with van der Waals surface area (Å²) >= 11 is 0. The quantitative estimate of drug-likeness (QED) is 0.520. The van der Waals surface area contributed by atoms with Crippen LogP contribution in [-0.2, 0) is 12.0 Å². The topological polar surface area (TPSA) is 59.9 Å². The molecule has 0 bridgehead atoms. The van der Waals surface area contributed by atoms with Gasteiger partial charge in [0.1, 0.15) is 0 Å². The maximum Gasteiger partial charge on any atom is 0.259 e. The highest BCUT2D eigenvalue weighted by Gasteiger charge is 2.44. The van der Waals surface area contributed by atoms with E-state index in [1.54, 1.807) is 23.2 Å². The molecule has 0 saturated heterocycles. The molecular weight excluding hydrogens is 370 g/mol. The van der Waals surface area contributed by atoms with Crippen molar-refractivity contribution in [2.24, 2.45) is 0 Å². The van der Waals surface area contributed by atoms with Crippen molar-refractivity contribution in [3.8, 4) is 6.07 Å². The van der Waals surface area contributed by atoms with Crippen molar-refractivity contribution < 1.29 is 4.79 Å². The molecule has 1 atom stereocenters. The number of para-hydroxylation sites is 1. The highest BCUT2D eigenvalue weighted by molar-refractivity contribution is 5.97. The molecule has 2 heterocycles. The van der Waals surface area contributed by atoms with Gasteiger partial charge in [-0.15, -0.1) is 0 Å². The molecule has 4 heteroatoms. The van der Waals surface area contributed by atoms with Crippen LogP contribution in [0.15, 0.2) is 91.3 Å². The molecule has 5 rings (SSSR count). The fraction of sp³-hybridized carbons (Fsp3) is 0.0769. The first-order chi connectivity index (χ1) is 14.7. The van der Waals surface area contributed by atoms with E-state index < -0.39 is 5.54 Å². The van der Waals surface area contributed by atoms with Crippen molar-refractivity contribution in [3.63, 3.8) is 0 Å². The molecule has 0 aliphatic carbocycles. The van der Waals surface area contributed by atoms with Gasteiger partial charge in [0.25, 0.3) is 5.91 Å². The first kappa shape index (κ1) is 18.0. The Labute approximate surface area is 174 Å².